The summed E-state index contributed by atoms with van der Waals surface area (Å²) < 4.78 is 11.9. The molecule has 2 fully saturated rings. The number of morpholine rings is 1. The Morgan fingerprint density at radius 3 is 2.90 bits per heavy atom. The Kier molecular flexibility index (Phi) is 3.38. The minimum atomic E-state index is 0.0937. The predicted octanol–water partition coefficient (Wildman–Crippen LogP) is 3.79. The lowest BCUT2D eigenvalue weighted by atomic mass is 10.2. The zero-order valence-electron chi connectivity index (χ0n) is 11.5. The molecule has 1 atom stereocenters. The summed E-state index contributed by atoms with van der Waals surface area (Å²) in [4.78, 5) is 3.88. The molecule has 20 heavy (non-hydrogen) atoms. The minimum absolute atomic E-state index is 0.0937. The smallest absolute Gasteiger partial charge is 0.134 e. The third kappa shape index (κ3) is 2.68. The molecular weight excluding hydrogens is 270 g/mol. The fourth-order valence-electron chi connectivity index (χ4n) is 2.77. The van der Waals surface area contributed by atoms with E-state index in [-0.39, 0.29) is 6.10 Å². The maximum absolute atomic E-state index is 5.98. The Bertz CT molecular complexity index is 559. The number of hydrogen-bond acceptors (Lipinski definition) is 4. The van der Waals surface area contributed by atoms with Crippen molar-refractivity contribution in [1.82, 2.24) is 4.90 Å². The molecule has 3 nitrogen and oxygen atoms in total. The van der Waals surface area contributed by atoms with Gasteiger partial charge in [0.15, 0.2) is 0 Å². The Morgan fingerprint density at radius 1 is 1.20 bits per heavy atom. The fraction of sp³-hybridized carbons (Fsp3) is 0.500. The van der Waals surface area contributed by atoms with Crippen molar-refractivity contribution in [2.45, 2.75) is 31.4 Å². The fourth-order valence-corrected chi connectivity index (χ4v) is 3.52. The molecule has 2 aromatic heterocycles. The first-order chi connectivity index (χ1) is 9.88. The van der Waals surface area contributed by atoms with Crippen LogP contribution in [0.25, 0.3) is 0 Å². The standard InChI is InChI=1S/C16H19NO2S/c1-2-13(20-9-1)10-17-7-8-18-16(11-17)15-6-5-14(19-15)12-3-4-12/h1-2,5-6,9,12,16H,3-4,7-8,10-11H2. The lowest BCUT2D eigenvalue weighted by molar-refractivity contribution is -0.0428. The van der Waals surface area contributed by atoms with Gasteiger partial charge in [-0.25, -0.2) is 0 Å². The van der Waals surface area contributed by atoms with Crippen LogP contribution in [0.3, 0.4) is 0 Å². The van der Waals surface area contributed by atoms with E-state index in [0.29, 0.717) is 5.92 Å². The van der Waals surface area contributed by atoms with E-state index < -0.39 is 0 Å². The van der Waals surface area contributed by atoms with Crippen LogP contribution in [0.15, 0.2) is 34.1 Å². The maximum atomic E-state index is 5.98. The Labute approximate surface area is 123 Å². The molecular formula is C16H19NO2S. The summed E-state index contributed by atoms with van der Waals surface area (Å²) in [5.41, 5.74) is 0. The van der Waals surface area contributed by atoms with E-state index in [1.807, 2.05) is 11.3 Å². The van der Waals surface area contributed by atoms with Crippen LogP contribution in [0.1, 0.15) is 41.3 Å². The molecule has 3 heterocycles. The molecule has 1 saturated carbocycles. The van der Waals surface area contributed by atoms with Crippen molar-refractivity contribution in [3.8, 4) is 0 Å². The highest BCUT2D eigenvalue weighted by Gasteiger charge is 2.29. The lowest BCUT2D eigenvalue weighted by Crippen LogP contribution is -2.37. The van der Waals surface area contributed by atoms with Gasteiger partial charge in [0.2, 0.25) is 0 Å². The number of thiophene rings is 1. The van der Waals surface area contributed by atoms with E-state index in [9.17, 15) is 0 Å². The van der Waals surface area contributed by atoms with E-state index in [1.54, 1.807) is 0 Å². The van der Waals surface area contributed by atoms with Gasteiger partial charge >= 0.3 is 0 Å². The zero-order valence-corrected chi connectivity index (χ0v) is 12.3. The highest BCUT2D eigenvalue weighted by Crippen LogP contribution is 2.41. The number of nitrogens with zero attached hydrogens (tertiary/aromatic N) is 1. The zero-order chi connectivity index (χ0) is 13.4. The topological polar surface area (TPSA) is 25.6 Å². The molecule has 4 rings (SSSR count). The lowest BCUT2D eigenvalue weighted by Gasteiger charge is -2.31. The van der Waals surface area contributed by atoms with Crippen LogP contribution >= 0.6 is 11.3 Å². The van der Waals surface area contributed by atoms with E-state index in [0.717, 1.165) is 37.8 Å². The van der Waals surface area contributed by atoms with Gasteiger partial charge in [-0.1, -0.05) is 6.07 Å². The summed E-state index contributed by atoms with van der Waals surface area (Å²) in [6, 6.07) is 8.56. The molecule has 0 aromatic carbocycles. The Balaban J connectivity index is 1.42. The third-order valence-electron chi connectivity index (χ3n) is 4.05. The van der Waals surface area contributed by atoms with Crippen LogP contribution < -0.4 is 0 Å². The van der Waals surface area contributed by atoms with Crippen molar-refractivity contribution in [2.75, 3.05) is 19.7 Å². The first-order valence-corrected chi connectivity index (χ1v) is 8.22. The highest BCUT2D eigenvalue weighted by atomic mass is 32.1. The van der Waals surface area contributed by atoms with Gasteiger partial charge in [-0.15, -0.1) is 11.3 Å². The molecule has 1 saturated heterocycles. The molecule has 0 amide bonds. The van der Waals surface area contributed by atoms with E-state index in [1.165, 1.54) is 17.7 Å². The van der Waals surface area contributed by atoms with Crippen LogP contribution in [0.4, 0.5) is 0 Å². The monoisotopic (exact) mass is 289 g/mol. The van der Waals surface area contributed by atoms with E-state index in [4.69, 9.17) is 9.15 Å². The van der Waals surface area contributed by atoms with Crippen LogP contribution in [0.5, 0.6) is 0 Å². The Morgan fingerprint density at radius 2 is 2.10 bits per heavy atom. The van der Waals surface area contributed by atoms with Gasteiger partial charge in [-0.3, -0.25) is 4.90 Å². The van der Waals surface area contributed by atoms with Crippen LogP contribution in [-0.4, -0.2) is 24.6 Å². The summed E-state index contributed by atoms with van der Waals surface area (Å²) in [6.07, 6.45) is 2.66. The van der Waals surface area contributed by atoms with Crippen molar-refractivity contribution < 1.29 is 9.15 Å². The van der Waals surface area contributed by atoms with Gasteiger partial charge in [-0.05, 0) is 36.4 Å². The van der Waals surface area contributed by atoms with Gasteiger partial charge in [0, 0.05) is 30.4 Å². The van der Waals surface area contributed by atoms with E-state index >= 15 is 0 Å². The van der Waals surface area contributed by atoms with Crippen molar-refractivity contribution in [3.63, 3.8) is 0 Å². The third-order valence-corrected chi connectivity index (χ3v) is 4.92. The van der Waals surface area contributed by atoms with Crippen LogP contribution in [0, 0.1) is 0 Å². The summed E-state index contributed by atoms with van der Waals surface area (Å²) in [5, 5.41) is 2.14. The van der Waals surface area contributed by atoms with E-state index in [2.05, 4.69) is 34.5 Å². The molecule has 1 unspecified atom stereocenters. The molecule has 0 radical (unpaired) electrons. The summed E-state index contributed by atoms with van der Waals surface area (Å²) in [7, 11) is 0. The number of furan rings is 1. The molecule has 0 bridgehead atoms. The average Bonchev–Trinajstić information content (AvgIpc) is 3.00. The van der Waals surface area contributed by atoms with Crippen molar-refractivity contribution in [1.29, 1.82) is 0 Å². The SMILES string of the molecule is c1csc(CN2CCOC(c3ccc(C4CC4)o3)C2)c1. The first kappa shape index (κ1) is 12.6. The molecule has 1 aliphatic heterocycles. The predicted molar refractivity (Wildman–Crippen MR) is 79.0 cm³/mol. The number of rotatable bonds is 4. The van der Waals surface area contributed by atoms with Gasteiger partial charge in [0.05, 0.1) is 6.61 Å². The molecule has 106 valence electrons. The van der Waals surface area contributed by atoms with Gasteiger partial charge in [0.1, 0.15) is 17.6 Å². The molecule has 0 spiro atoms. The van der Waals surface area contributed by atoms with Gasteiger partial charge in [0.25, 0.3) is 0 Å². The largest absolute Gasteiger partial charge is 0.463 e. The number of hydrogen-bond donors (Lipinski definition) is 0. The molecule has 0 N–H and O–H groups in total. The molecule has 2 aromatic rings. The molecule has 2 aliphatic rings. The van der Waals surface area contributed by atoms with Gasteiger partial charge < -0.3 is 9.15 Å². The normalized spacial score (nSPS) is 24.1. The van der Waals surface area contributed by atoms with Crippen LogP contribution in [0.2, 0.25) is 0 Å². The minimum Gasteiger partial charge on any atom is -0.463 e. The number of ether oxygens (including phenoxy) is 1. The van der Waals surface area contributed by atoms with Crippen LogP contribution in [-0.2, 0) is 11.3 Å². The average molecular weight is 289 g/mol. The second-order valence-corrected chi connectivity index (χ2v) is 6.72. The Hall–Kier alpha value is -1.10. The second kappa shape index (κ2) is 5.35. The molecule has 1 aliphatic carbocycles. The van der Waals surface area contributed by atoms with Crippen molar-refractivity contribution in [2.24, 2.45) is 0 Å². The first-order valence-electron chi connectivity index (χ1n) is 7.34. The second-order valence-electron chi connectivity index (χ2n) is 5.69. The molecule has 4 heteroatoms. The quantitative estimate of drug-likeness (QED) is 0.856. The van der Waals surface area contributed by atoms with Crippen molar-refractivity contribution >= 4 is 11.3 Å². The van der Waals surface area contributed by atoms with Crippen molar-refractivity contribution in [3.05, 3.63) is 46.0 Å². The summed E-state index contributed by atoms with van der Waals surface area (Å²) >= 11 is 1.82. The summed E-state index contributed by atoms with van der Waals surface area (Å²) in [5.74, 6) is 2.83. The maximum Gasteiger partial charge on any atom is 0.134 e. The summed E-state index contributed by atoms with van der Waals surface area (Å²) in [6.45, 7) is 3.74. The highest BCUT2D eigenvalue weighted by molar-refractivity contribution is 7.09. The van der Waals surface area contributed by atoms with Gasteiger partial charge in [-0.2, -0.15) is 0 Å².